The zero-order chi connectivity index (χ0) is 17.1. The first-order valence-electron chi connectivity index (χ1n) is 7.23. The fraction of sp³-hybridized carbons (Fsp3) is 0.167. The molecular formula is C18H16FNO3S. The summed E-state index contributed by atoms with van der Waals surface area (Å²) in [5.41, 5.74) is 2.20. The molecule has 0 saturated carbocycles. The summed E-state index contributed by atoms with van der Waals surface area (Å²) in [6.07, 6.45) is -0.885. The van der Waals surface area contributed by atoms with Crippen molar-refractivity contribution >= 4 is 11.3 Å². The number of hydrogen-bond donors (Lipinski definition) is 1. The minimum absolute atomic E-state index is 0.337. The van der Waals surface area contributed by atoms with Gasteiger partial charge in [-0.05, 0) is 35.9 Å². The van der Waals surface area contributed by atoms with E-state index >= 15 is 0 Å². The van der Waals surface area contributed by atoms with Crippen molar-refractivity contribution in [2.75, 3.05) is 14.2 Å². The van der Waals surface area contributed by atoms with E-state index in [4.69, 9.17) is 9.47 Å². The Kier molecular flexibility index (Phi) is 4.78. The third kappa shape index (κ3) is 3.25. The molecule has 6 heteroatoms. The highest BCUT2D eigenvalue weighted by atomic mass is 32.1. The lowest BCUT2D eigenvalue weighted by atomic mass is 10.1. The van der Waals surface area contributed by atoms with Crippen molar-refractivity contribution < 1.29 is 19.0 Å². The molecule has 0 aliphatic carbocycles. The van der Waals surface area contributed by atoms with Gasteiger partial charge in [0.05, 0.1) is 19.9 Å². The topological polar surface area (TPSA) is 51.6 Å². The third-order valence-electron chi connectivity index (χ3n) is 3.62. The molecule has 0 saturated heterocycles. The Bertz CT molecular complexity index is 833. The highest BCUT2D eigenvalue weighted by molar-refractivity contribution is 7.10. The number of aromatic nitrogens is 1. The molecule has 1 N–H and O–H groups in total. The van der Waals surface area contributed by atoms with E-state index in [9.17, 15) is 9.50 Å². The number of aliphatic hydroxyl groups excluding tert-OH is 1. The molecule has 0 aliphatic rings. The van der Waals surface area contributed by atoms with Crippen LogP contribution in [0.25, 0.3) is 11.3 Å². The molecule has 0 spiro atoms. The van der Waals surface area contributed by atoms with Crippen molar-refractivity contribution in [2.45, 2.75) is 6.10 Å². The van der Waals surface area contributed by atoms with E-state index in [0.717, 1.165) is 11.3 Å². The maximum absolute atomic E-state index is 13.0. The molecule has 0 bridgehead atoms. The Morgan fingerprint density at radius 1 is 1.04 bits per heavy atom. The van der Waals surface area contributed by atoms with E-state index < -0.39 is 6.10 Å². The zero-order valence-corrected chi connectivity index (χ0v) is 14.0. The van der Waals surface area contributed by atoms with E-state index in [0.29, 0.717) is 22.1 Å². The van der Waals surface area contributed by atoms with Crippen molar-refractivity contribution in [3.05, 3.63) is 64.2 Å². The van der Waals surface area contributed by atoms with Gasteiger partial charge in [-0.25, -0.2) is 9.37 Å². The van der Waals surface area contributed by atoms with Crippen molar-refractivity contribution in [1.82, 2.24) is 4.98 Å². The Labute approximate surface area is 143 Å². The van der Waals surface area contributed by atoms with Crippen LogP contribution in [0.15, 0.2) is 47.8 Å². The van der Waals surface area contributed by atoms with Crippen LogP contribution >= 0.6 is 11.3 Å². The fourth-order valence-electron chi connectivity index (χ4n) is 2.33. The van der Waals surface area contributed by atoms with Gasteiger partial charge in [-0.3, -0.25) is 0 Å². The summed E-state index contributed by atoms with van der Waals surface area (Å²) in [6, 6.07) is 11.3. The van der Waals surface area contributed by atoms with Gasteiger partial charge in [0.2, 0.25) is 0 Å². The normalized spacial score (nSPS) is 12.0. The summed E-state index contributed by atoms with van der Waals surface area (Å²) in [5.74, 6) is 0.919. The molecule has 4 nitrogen and oxygen atoms in total. The van der Waals surface area contributed by atoms with Gasteiger partial charge in [0.25, 0.3) is 0 Å². The number of aliphatic hydroxyl groups is 1. The number of hydrogen-bond acceptors (Lipinski definition) is 5. The monoisotopic (exact) mass is 345 g/mol. The third-order valence-corrected chi connectivity index (χ3v) is 4.52. The average Bonchev–Trinajstić information content (AvgIpc) is 3.11. The van der Waals surface area contributed by atoms with Gasteiger partial charge < -0.3 is 14.6 Å². The summed E-state index contributed by atoms with van der Waals surface area (Å²) in [4.78, 5) is 4.49. The van der Waals surface area contributed by atoms with E-state index in [1.165, 1.54) is 23.5 Å². The van der Waals surface area contributed by atoms with Crippen LogP contribution in [0.3, 0.4) is 0 Å². The Morgan fingerprint density at radius 3 is 2.42 bits per heavy atom. The molecule has 0 radical (unpaired) electrons. The highest BCUT2D eigenvalue weighted by Gasteiger charge is 2.16. The van der Waals surface area contributed by atoms with Gasteiger partial charge in [0.15, 0.2) is 11.5 Å². The van der Waals surface area contributed by atoms with Crippen molar-refractivity contribution in [3.63, 3.8) is 0 Å². The fourth-order valence-corrected chi connectivity index (χ4v) is 3.17. The molecular weight excluding hydrogens is 329 g/mol. The highest BCUT2D eigenvalue weighted by Crippen LogP contribution is 2.34. The number of rotatable bonds is 5. The molecule has 2 aromatic carbocycles. The van der Waals surface area contributed by atoms with Crippen LogP contribution in [0, 0.1) is 5.82 Å². The number of thiazole rings is 1. The summed E-state index contributed by atoms with van der Waals surface area (Å²) in [5, 5.41) is 12.8. The standard InChI is InChI=1S/C18H16FNO3S/c1-22-15-8-5-12(9-16(15)23-2)14-10-24-18(20-14)17(21)11-3-6-13(19)7-4-11/h3-10,17,21H,1-2H3. The number of ether oxygens (including phenoxy) is 2. The van der Waals surface area contributed by atoms with E-state index in [1.54, 1.807) is 26.4 Å². The maximum atomic E-state index is 13.0. The number of nitrogens with zero attached hydrogens (tertiary/aromatic N) is 1. The minimum atomic E-state index is -0.885. The van der Waals surface area contributed by atoms with Gasteiger partial charge in [-0.1, -0.05) is 12.1 Å². The van der Waals surface area contributed by atoms with Crippen LogP contribution in [0.4, 0.5) is 4.39 Å². The Morgan fingerprint density at radius 2 is 1.75 bits per heavy atom. The molecule has 1 aromatic heterocycles. The van der Waals surface area contributed by atoms with Crippen LogP contribution in [0.2, 0.25) is 0 Å². The summed E-state index contributed by atoms with van der Waals surface area (Å²) >= 11 is 1.35. The molecule has 3 aromatic rings. The van der Waals surface area contributed by atoms with Gasteiger partial charge >= 0.3 is 0 Å². The van der Waals surface area contributed by atoms with E-state index in [-0.39, 0.29) is 5.82 Å². The molecule has 1 atom stereocenters. The number of halogens is 1. The number of methoxy groups -OCH3 is 2. The van der Waals surface area contributed by atoms with Gasteiger partial charge in [0, 0.05) is 10.9 Å². The quantitative estimate of drug-likeness (QED) is 0.758. The molecule has 124 valence electrons. The Balaban J connectivity index is 1.89. The molecule has 24 heavy (non-hydrogen) atoms. The molecule has 0 amide bonds. The van der Waals surface area contributed by atoms with Crippen LogP contribution in [-0.2, 0) is 0 Å². The first-order chi connectivity index (χ1) is 11.6. The molecule has 0 fully saturated rings. The smallest absolute Gasteiger partial charge is 0.161 e. The average molecular weight is 345 g/mol. The lowest BCUT2D eigenvalue weighted by molar-refractivity contribution is 0.220. The van der Waals surface area contributed by atoms with Crippen LogP contribution in [0.5, 0.6) is 11.5 Å². The molecule has 3 rings (SSSR count). The summed E-state index contributed by atoms with van der Waals surface area (Å²) in [6.45, 7) is 0. The second-order valence-corrected chi connectivity index (χ2v) is 5.98. The SMILES string of the molecule is COc1ccc(-c2csc(C(O)c3ccc(F)cc3)n2)cc1OC. The van der Waals surface area contributed by atoms with Crippen LogP contribution < -0.4 is 9.47 Å². The van der Waals surface area contributed by atoms with E-state index in [1.807, 2.05) is 23.6 Å². The van der Waals surface area contributed by atoms with Crippen molar-refractivity contribution in [2.24, 2.45) is 0 Å². The van der Waals surface area contributed by atoms with E-state index in [2.05, 4.69) is 4.98 Å². The lowest BCUT2D eigenvalue weighted by Gasteiger charge is -2.09. The molecule has 1 heterocycles. The van der Waals surface area contributed by atoms with Crippen LogP contribution in [0.1, 0.15) is 16.7 Å². The second-order valence-electron chi connectivity index (χ2n) is 5.09. The molecule has 0 aliphatic heterocycles. The largest absolute Gasteiger partial charge is 0.493 e. The van der Waals surface area contributed by atoms with Crippen LogP contribution in [-0.4, -0.2) is 24.3 Å². The van der Waals surface area contributed by atoms with Crippen molar-refractivity contribution in [1.29, 1.82) is 0 Å². The minimum Gasteiger partial charge on any atom is -0.493 e. The predicted octanol–water partition coefficient (Wildman–Crippen LogP) is 4.05. The van der Waals surface area contributed by atoms with Gasteiger partial charge in [0.1, 0.15) is 16.9 Å². The first kappa shape index (κ1) is 16.4. The first-order valence-corrected chi connectivity index (χ1v) is 8.11. The zero-order valence-electron chi connectivity index (χ0n) is 13.2. The summed E-state index contributed by atoms with van der Waals surface area (Å²) in [7, 11) is 3.16. The number of benzene rings is 2. The summed E-state index contributed by atoms with van der Waals surface area (Å²) < 4.78 is 23.5. The maximum Gasteiger partial charge on any atom is 0.161 e. The van der Waals surface area contributed by atoms with Gasteiger partial charge in [-0.2, -0.15) is 0 Å². The lowest BCUT2D eigenvalue weighted by Crippen LogP contribution is -1.99. The second kappa shape index (κ2) is 6.98. The Hall–Kier alpha value is -2.44. The predicted molar refractivity (Wildman–Crippen MR) is 91.1 cm³/mol. The van der Waals surface area contributed by atoms with Gasteiger partial charge in [-0.15, -0.1) is 11.3 Å². The van der Waals surface area contributed by atoms with Crippen molar-refractivity contribution in [3.8, 4) is 22.8 Å². The molecule has 1 unspecified atom stereocenters.